The number of anilines is 1. The van der Waals surface area contributed by atoms with Crippen LogP contribution in [0, 0.1) is 10.1 Å². The van der Waals surface area contributed by atoms with Crippen molar-refractivity contribution in [1.29, 1.82) is 0 Å². The van der Waals surface area contributed by atoms with Crippen LogP contribution in [-0.2, 0) is 4.79 Å². The Morgan fingerprint density at radius 1 is 1.26 bits per heavy atom. The third kappa shape index (κ3) is 5.68. The van der Waals surface area contributed by atoms with Crippen LogP contribution in [0.25, 0.3) is 0 Å². The van der Waals surface area contributed by atoms with Gasteiger partial charge in [-0.1, -0.05) is 18.2 Å². The molecular formula is C19H23N3O5. The number of hydrogen-bond donors (Lipinski definition) is 1. The fourth-order valence-corrected chi connectivity index (χ4v) is 2.36. The standard InChI is InChI=1S/C19H23N3O5/c1-14(21(2)11-12-27-16-7-5-4-6-8-16)19(23)20-17-13-15(22(24)25)9-10-18(17)26-3/h4-10,13-14H,11-12H2,1-3H3,(H,20,23). The number of non-ortho nitro benzene ring substituents is 1. The molecule has 2 aromatic rings. The monoisotopic (exact) mass is 373 g/mol. The highest BCUT2D eigenvalue weighted by Crippen LogP contribution is 2.29. The van der Waals surface area contributed by atoms with Crippen LogP contribution in [0.4, 0.5) is 11.4 Å². The molecule has 1 unspecified atom stereocenters. The summed E-state index contributed by atoms with van der Waals surface area (Å²) in [6.45, 7) is 2.72. The molecule has 0 fully saturated rings. The first-order valence-electron chi connectivity index (χ1n) is 8.43. The molecule has 8 heteroatoms. The van der Waals surface area contributed by atoms with E-state index in [-0.39, 0.29) is 17.3 Å². The van der Waals surface area contributed by atoms with Crippen LogP contribution in [-0.4, -0.2) is 49.1 Å². The highest BCUT2D eigenvalue weighted by atomic mass is 16.6. The highest BCUT2D eigenvalue weighted by Gasteiger charge is 2.20. The summed E-state index contributed by atoms with van der Waals surface area (Å²) in [5.74, 6) is 0.830. The molecule has 0 aliphatic heterocycles. The number of benzene rings is 2. The van der Waals surface area contributed by atoms with Gasteiger partial charge in [0.2, 0.25) is 5.91 Å². The lowest BCUT2D eigenvalue weighted by Crippen LogP contribution is -2.41. The van der Waals surface area contributed by atoms with Gasteiger partial charge in [0, 0.05) is 18.7 Å². The Morgan fingerprint density at radius 2 is 1.96 bits per heavy atom. The lowest BCUT2D eigenvalue weighted by Gasteiger charge is -2.24. The number of methoxy groups -OCH3 is 1. The average Bonchev–Trinajstić information content (AvgIpc) is 2.67. The third-order valence-corrected chi connectivity index (χ3v) is 4.15. The Hall–Kier alpha value is -3.13. The lowest BCUT2D eigenvalue weighted by atomic mass is 10.2. The van der Waals surface area contributed by atoms with E-state index in [2.05, 4.69) is 5.32 Å². The van der Waals surface area contributed by atoms with Crippen molar-refractivity contribution in [3.8, 4) is 11.5 Å². The quantitative estimate of drug-likeness (QED) is 0.536. The van der Waals surface area contributed by atoms with Gasteiger partial charge in [-0.2, -0.15) is 0 Å². The largest absolute Gasteiger partial charge is 0.495 e. The number of nitro benzene ring substituents is 1. The number of para-hydroxylation sites is 1. The van der Waals surface area contributed by atoms with Crippen molar-refractivity contribution in [2.75, 3.05) is 32.6 Å². The predicted octanol–water partition coefficient (Wildman–Crippen LogP) is 2.94. The number of carbonyl (C=O) groups is 1. The molecule has 2 rings (SSSR count). The second kappa shape index (κ2) is 9.54. The van der Waals surface area contributed by atoms with Gasteiger partial charge in [-0.05, 0) is 32.2 Å². The molecule has 0 aliphatic rings. The minimum absolute atomic E-state index is 0.122. The second-order valence-corrected chi connectivity index (χ2v) is 5.95. The fraction of sp³-hybridized carbons (Fsp3) is 0.316. The van der Waals surface area contributed by atoms with E-state index < -0.39 is 11.0 Å². The Labute approximate surface area is 157 Å². The number of rotatable bonds is 9. The first kappa shape index (κ1) is 20.2. The molecule has 1 atom stereocenters. The number of nitrogens with zero attached hydrogens (tertiary/aromatic N) is 2. The van der Waals surface area contributed by atoms with Crippen molar-refractivity contribution < 1.29 is 19.2 Å². The minimum Gasteiger partial charge on any atom is -0.495 e. The summed E-state index contributed by atoms with van der Waals surface area (Å²) in [6, 6.07) is 13.0. The van der Waals surface area contributed by atoms with Gasteiger partial charge in [0.1, 0.15) is 18.1 Å². The van der Waals surface area contributed by atoms with E-state index in [4.69, 9.17) is 9.47 Å². The van der Waals surface area contributed by atoms with E-state index in [0.29, 0.717) is 18.9 Å². The summed E-state index contributed by atoms with van der Waals surface area (Å²) in [4.78, 5) is 24.8. The van der Waals surface area contributed by atoms with E-state index in [1.807, 2.05) is 42.3 Å². The summed E-state index contributed by atoms with van der Waals surface area (Å²) in [6.07, 6.45) is 0. The Balaban J connectivity index is 1.94. The molecule has 2 aromatic carbocycles. The highest BCUT2D eigenvalue weighted by molar-refractivity contribution is 5.96. The van der Waals surface area contributed by atoms with Crippen molar-refractivity contribution in [1.82, 2.24) is 4.90 Å². The summed E-state index contributed by atoms with van der Waals surface area (Å²) < 4.78 is 10.8. The zero-order valence-corrected chi connectivity index (χ0v) is 15.5. The summed E-state index contributed by atoms with van der Waals surface area (Å²) in [5.41, 5.74) is 0.140. The summed E-state index contributed by atoms with van der Waals surface area (Å²) in [7, 11) is 3.25. The van der Waals surface area contributed by atoms with E-state index >= 15 is 0 Å². The van der Waals surface area contributed by atoms with Crippen LogP contribution in [0.3, 0.4) is 0 Å². The molecule has 0 aromatic heterocycles. The molecule has 0 spiro atoms. The smallest absolute Gasteiger partial charge is 0.271 e. The number of ether oxygens (including phenoxy) is 2. The molecule has 0 heterocycles. The third-order valence-electron chi connectivity index (χ3n) is 4.15. The van der Waals surface area contributed by atoms with Gasteiger partial charge in [0.05, 0.1) is 23.8 Å². The van der Waals surface area contributed by atoms with Crippen molar-refractivity contribution in [2.24, 2.45) is 0 Å². The zero-order chi connectivity index (χ0) is 19.8. The maximum absolute atomic E-state index is 12.5. The van der Waals surface area contributed by atoms with Crippen molar-refractivity contribution in [3.05, 3.63) is 58.6 Å². The van der Waals surface area contributed by atoms with Gasteiger partial charge in [-0.25, -0.2) is 0 Å². The van der Waals surface area contributed by atoms with Gasteiger partial charge in [-0.3, -0.25) is 19.8 Å². The van der Waals surface area contributed by atoms with E-state index in [0.717, 1.165) is 5.75 Å². The predicted molar refractivity (Wildman–Crippen MR) is 102 cm³/mol. The fourth-order valence-electron chi connectivity index (χ4n) is 2.36. The summed E-state index contributed by atoms with van der Waals surface area (Å²) >= 11 is 0. The number of hydrogen-bond acceptors (Lipinski definition) is 6. The minimum atomic E-state index is -0.522. The number of likely N-dealkylation sites (N-methyl/N-ethyl adjacent to an activating group) is 1. The van der Waals surface area contributed by atoms with Gasteiger partial charge in [0.15, 0.2) is 0 Å². The first-order chi connectivity index (χ1) is 12.9. The Bertz CT molecular complexity index is 782. The first-order valence-corrected chi connectivity index (χ1v) is 8.43. The number of carbonyl (C=O) groups excluding carboxylic acids is 1. The molecule has 0 radical (unpaired) electrons. The number of nitrogens with one attached hydrogen (secondary N) is 1. The van der Waals surface area contributed by atoms with Crippen LogP contribution in [0.2, 0.25) is 0 Å². The number of nitro groups is 1. The van der Waals surface area contributed by atoms with E-state index in [9.17, 15) is 14.9 Å². The van der Waals surface area contributed by atoms with Crippen molar-refractivity contribution >= 4 is 17.3 Å². The van der Waals surface area contributed by atoms with Crippen molar-refractivity contribution in [2.45, 2.75) is 13.0 Å². The Kier molecular flexibility index (Phi) is 7.13. The molecule has 27 heavy (non-hydrogen) atoms. The second-order valence-electron chi connectivity index (χ2n) is 5.95. The molecular weight excluding hydrogens is 350 g/mol. The molecule has 1 amide bonds. The molecule has 0 bridgehead atoms. The Morgan fingerprint density at radius 3 is 2.59 bits per heavy atom. The van der Waals surface area contributed by atoms with E-state index in [1.54, 1.807) is 6.92 Å². The molecule has 144 valence electrons. The van der Waals surface area contributed by atoms with Crippen LogP contribution >= 0.6 is 0 Å². The van der Waals surface area contributed by atoms with Crippen LogP contribution in [0.15, 0.2) is 48.5 Å². The molecule has 0 aliphatic carbocycles. The maximum Gasteiger partial charge on any atom is 0.271 e. The van der Waals surface area contributed by atoms with Crippen LogP contribution < -0.4 is 14.8 Å². The topological polar surface area (TPSA) is 93.9 Å². The molecule has 0 saturated carbocycles. The van der Waals surface area contributed by atoms with E-state index in [1.165, 1.54) is 25.3 Å². The molecule has 8 nitrogen and oxygen atoms in total. The number of amides is 1. The molecule has 1 N–H and O–H groups in total. The van der Waals surface area contributed by atoms with Gasteiger partial charge in [0.25, 0.3) is 5.69 Å². The summed E-state index contributed by atoms with van der Waals surface area (Å²) in [5, 5.41) is 13.6. The van der Waals surface area contributed by atoms with Crippen LogP contribution in [0.1, 0.15) is 6.92 Å². The van der Waals surface area contributed by atoms with Gasteiger partial charge < -0.3 is 14.8 Å². The van der Waals surface area contributed by atoms with Gasteiger partial charge in [-0.15, -0.1) is 0 Å². The normalized spacial score (nSPS) is 11.7. The lowest BCUT2D eigenvalue weighted by molar-refractivity contribution is -0.384. The average molecular weight is 373 g/mol. The van der Waals surface area contributed by atoms with Crippen molar-refractivity contribution in [3.63, 3.8) is 0 Å². The van der Waals surface area contributed by atoms with Gasteiger partial charge >= 0.3 is 0 Å². The maximum atomic E-state index is 12.5. The van der Waals surface area contributed by atoms with Crippen LogP contribution in [0.5, 0.6) is 11.5 Å². The molecule has 0 saturated heterocycles. The SMILES string of the molecule is COc1ccc([N+](=O)[O-])cc1NC(=O)C(C)N(C)CCOc1ccccc1. The zero-order valence-electron chi connectivity index (χ0n) is 15.5.